The number of amides is 2. The first kappa shape index (κ1) is 13.2. The average molecular weight is 234 g/mol. The molecule has 0 saturated heterocycles. The number of para-hydroxylation sites is 1. The van der Waals surface area contributed by atoms with Gasteiger partial charge in [-0.3, -0.25) is 9.59 Å². The molecule has 0 aliphatic heterocycles. The minimum absolute atomic E-state index is 0.0686. The molecular weight excluding hydrogens is 216 g/mol. The Labute approximate surface area is 101 Å². The lowest BCUT2D eigenvalue weighted by Crippen LogP contribution is -2.23. The van der Waals surface area contributed by atoms with Crippen molar-refractivity contribution in [3.63, 3.8) is 0 Å². The monoisotopic (exact) mass is 234 g/mol. The Morgan fingerprint density at radius 2 is 2.00 bits per heavy atom. The summed E-state index contributed by atoms with van der Waals surface area (Å²) >= 11 is 0. The fourth-order valence-corrected chi connectivity index (χ4v) is 1.63. The number of nitrogens with two attached hydrogens (primary N) is 1. The average Bonchev–Trinajstić information content (AvgIpc) is 2.29. The van der Waals surface area contributed by atoms with Crippen molar-refractivity contribution in [2.45, 2.75) is 26.7 Å². The van der Waals surface area contributed by atoms with Gasteiger partial charge in [0.2, 0.25) is 5.91 Å². The summed E-state index contributed by atoms with van der Waals surface area (Å²) in [5.41, 5.74) is 6.05. The number of primary amides is 1. The second-order valence-corrected chi connectivity index (χ2v) is 4.09. The lowest BCUT2D eigenvalue weighted by molar-refractivity contribution is -0.119. The molecule has 17 heavy (non-hydrogen) atoms. The molecule has 1 aromatic carbocycles. The predicted octanol–water partition coefficient (Wildman–Crippen LogP) is 2.16. The number of hydrogen-bond donors (Lipinski definition) is 2. The van der Waals surface area contributed by atoms with E-state index >= 15 is 0 Å². The smallest absolute Gasteiger partial charge is 0.250 e. The van der Waals surface area contributed by atoms with Crippen LogP contribution in [-0.4, -0.2) is 11.8 Å². The predicted molar refractivity (Wildman–Crippen MR) is 67.7 cm³/mol. The van der Waals surface area contributed by atoms with Gasteiger partial charge >= 0.3 is 0 Å². The van der Waals surface area contributed by atoms with Crippen molar-refractivity contribution in [2.24, 2.45) is 11.7 Å². The molecule has 1 unspecified atom stereocenters. The summed E-state index contributed by atoms with van der Waals surface area (Å²) < 4.78 is 0. The van der Waals surface area contributed by atoms with E-state index in [1.165, 1.54) is 0 Å². The van der Waals surface area contributed by atoms with E-state index in [4.69, 9.17) is 5.73 Å². The van der Waals surface area contributed by atoms with Gasteiger partial charge in [-0.1, -0.05) is 32.4 Å². The summed E-state index contributed by atoms with van der Waals surface area (Å²) in [7, 11) is 0. The van der Waals surface area contributed by atoms with Gasteiger partial charge in [0.25, 0.3) is 5.91 Å². The second kappa shape index (κ2) is 6.03. The van der Waals surface area contributed by atoms with Crippen molar-refractivity contribution in [1.82, 2.24) is 0 Å². The van der Waals surface area contributed by atoms with Crippen LogP contribution in [0.15, 0.2) is 24.3 Å². The zero-order chi connectivity index (χ0) is 12.8. The van der Waals surface area contributed by atoms with E-state index in [0.717, 1.165) is 12.8 Å². The molecule has 0 radical (unpaired) electrons. The molecule has 0 heterocycles. The minimum atomic E-state index is -0.538. The molecule has 0 aromatic heterocycles. The number of carbonyl (C=O) groups is 2. The Morgan fingerprint density at radius 1 is 1.35 bits per heavy atom. The molecule has 1 atom stereocenters. The molecule has 0 fully saturated rings. The molecule has 3 N–H and O–H groups in total. The molecule has 92 valence electrons. The quantitative estimate of drug-likeness (QED) is 0.819. The number of carbonyl (C=O) groups excluding carboxylic acids is 2. The third-order valence-corrected chi connectivity index (χ3v) is 2.62. The summed E-state index contributed by atoms with van der Waals surface area (Å²) in [5.74, 6) is -0.689. The Balaban J connectivity index is 2.81. The highest BCUT2D eigenvalue weighted by molar-refractivity contribution is 6.03. The van der Waals surface area contributed by atoms with Gasteiger partial charge in [-0.25, -0.2) is 0 Å². The van der Waals surface area contributed by atoms with E-state index in [1.807, 2.05) is 13.8 Å². The maximum absolute atomic E-state index is 11.8. The highest BCUT2D eigenvalue weighted by Crippen LogP contribution is 2.16. The van der Waals surface area contributed by atoms with Crippen LogP contribution >= 0.6 is 0 Å². The highest BCUT2D eigenvalue weighted by Gasteiger charge is 2.14. The highest BCUT2D eigenvalue weighted by atomic mass is 16.2. The molecule has 0 bridgehead atoms. The normalized spacial score (nSPS) is 11.9. The fourth-order valence-electron chi connectivity index (χ4n) is 1.63. The summed E-state index contributed by atoms with van der Waals surface area (Å²) in [6, 6.07) is 6.75. The molecule has 2 amide bonds. The molecule has 0 aliphatic carbocycles. The first-order valence-corrected chi connectivity index (χ1v) is 5.76. The van der Waals surface area contributed by atoms with E-state index in [9.17, 15) is 9.59 Å². The molecular formula is C13H18N2O2. The van der Waals surface area contributed by atoms with Gasteiger partial charge in [0, 0.05) is 5.92 Å². The first-order valence-electron chi connectivity index (χ1n) is 5.76. The van der Waals surface area contributed by atoms with Gasteiger partial charge in [-0.05, 0) is 18.6 Å². The molecule has 0 spiro atoms. The van der Waals surface area contributed by atoms with E-state index in [1.54, 1.807) is 24.3 Å². The van der Waals surface area contributed by atoms with Crippen LogP contribution in [0, 0.1) is 5.92 Å². The molecule has 0 saturated carbocycles. The number of benzene rings is 1. The second-order valence-electron chi connectivity index (χ2n) is 4.09. The summed E-state index contributed by atoms with van der Waals surface area (Å²) in [6.45, 7) is 3.90. The fraction of sp³-hybridized carbons (Fsp3) is 0.385. The third kappa shape index (κ3) is 3.59. The first-order chi connectivity index (χ1) is 8.06. The van der Waals surface area contributed by atoms with E-state index in [-0.39, 0.29) is 11.8 Å². The van der Waals surface area contributed by atoms with Crippen molar-refractivity contribution < 1.29 is 9.59 Å². The summed E-state index contributed by atoms with van der Waals surface area (Å²) in [4.78, 5) is 23.0. The molecule has 4 heteroatoms. The van der Waals surface area contributed by atoms with Crippen molar-refractivity contribution in [2.75, 3.05) is 5.32 Å². The van der Waals surface area contributed by atoms with Crippen molar-refractivity contribution in [3.8, 4) is 0 Å². The Hall–Kier alpha value is -1.84. The molecule has 1 aromatic rings. The Bertz CT molecular complexity index is 416. The van der Waals surface area contributed by atoms with E-state index < -0.39 is 5.91 Å². The van der Waals surface area contributed by atoms with Crippen LogP contribution in [0.3, 0.4) is 0 Å². The number of hydrogen-bond acceptors (Lipinski definition) is 2. The van der Waals surface area contributed by atoms with Gasteiger partial charge in [0.15, 0.2) is 0 Å². The molecule has 1 rings (SSSR count). The SMILES string of the molecule is CCCC(C)C(=O)Nc1ccccc1C(N)=O. The van der Waals surface area contributed by atoms with E-state index in [2.05, 4.69) is 5.32 Å². The van der Waals surface area contributed by atoms with Gasteiger partial charge < -0.3 is 11.1 Å². The van der Waals surface area contributed by atoms with Crippen LogP contribution in [0.25, 0.3) is 0 Å². The maximum atomic E-state index is 11.8. The van der Waals surface area contributed by atoms with Gasteiger partial charge in [-0.2, -0.15) is 0 Å². The third-order valence-electron chi connectivity index (χ3n) is 2.62. The number of rotatable bonds is 5. The number of anilines is 1. The van der Waals surface area contributed by atoms with Crippen LogP contribution in [0.4, 0.5) is 5.69 Å². The van der Waals surface area contributed by atoms with Crippen molar-refractivity contribution in [3.05, 3.63) is 29.8 Å². The van der Waals surface area contributed by atoms with Crippen LogP contribution in [0.5, 0.6) is 0 Å². The zero-order valence-electron chi connectivity index (χ0n) is 10.2. The maximum Gasteiger partial charge on any atom is 0.250 e. The van der Waals surface area contributed by atoms with Crippen molar-refractivity contribution in [1.29, 1.82) is 0 Å². The Kier molecular flexibility index (Phi) is 4.69. The van der Waals surface area contributed by atoms with Gasteiger partial charge in [-0.15, -0.1) is 0 Å². The van der Waals surface area contributed by atoms with Crippen LogP contribution in [0.2, 0.25) is 0 Å². The Morgan fingerprint density at radius 3 is 2.59 bits per heavy atom. The lowest BCUT2D eigenvalue weighted by atomic mass is 10.0. The zero-order valence-corrected chi connectivity index (χ0v) is 10.2. The summed E-state index contributed by atoms with van der Waals surface area (Å²) in [6.07, 6.45) is 1.77. The van der Waals surface area contributed by atoms with Crippen LogP contribution < -0.4 is 11.1 Å². The van der Waals surface area contributed by atoms with Crippen LogP contribution in [-0.2, 0) is 4.79 Å². The minimum Gasteiger partial charge on any atom is -0.366 e. The van der Waals surface area contributed by atoms with Crippen molar-refractivity contribution >= 4 is 17.5 Å². The summed E-state index contributed by atoms with van der Waals surface area (Å²) in [5, 5.41) is 2.74. The van der Waals surface area contributed by atoms with E-state index in [0.29, 0.717) is 11.3 Å². The van der Waals surface area contributed by atoms with Gasteiger partial charge in [0.05, 0.1) is 11.3 Å². The van der Waals surface area contributed by atoms with Gasteiger partial charge in [0.1, 0.15) is 0 Å². The standard InChI is InChI=1S/C13H18N2O2/c1-3-6-9(2)13(17)15-11-8-5-4-7-10(11)12(14)16/h4-5,7-9H,3,6H2,1-2H3,(H2,14,16)(H,15,17). The molecule has 4 nitrogen and oxygen atoms in total. The van der Waals surface area contributed by atoms with Crippen LogP contribution in [0.1, 0.15) is 37.0 Å². The topological polar surface area (TPSA) is 72.2 Å². The number of nitrogens with one attached hydrogen (secondary N) is 1. The molecule has 0 aliphatic rings. The lowest BCUT2D eigenvalue weighted by Gasteiger charge is -2.12. The largest absolute Gasteiger partial charge is 0.366 e.